The zero-order chi connectivity index (χ0) is 16.9. The van der Waals surface area contributed by atoms with E-state index >= 15 is 0 Å². The van der Waals surface area contributed by atoms with Crippen molar-refractivity contribution in [2.75, 3.05) is 0 Å². The molecule has 22 heavy (non-hydrogen) atoms. The Morgan fingerprint density at radius 3 is 2.45 bits per heavy atom. The van der Waals surface area contributed by atoms with Crippen LogP contribution in [0.25, 0.3) is 0 Å². The summed E-state index contributed by atoms with van der Waals surface area (Å²) in [7, 11) is 0. The smallest absolute Gasteiger partial charge is 0.407 e. The maximum atomic E-state index is 12.3. The monoisotopic (exact) mass is 345 g/mol. The van der Waals surface area contributed by atoms with Gasteiger partial charge < -0.3 is 10.1 Å². The van der Waals surface area contributed by atoms with Crippen LogP contribution in [0, 0.1) is 0 Å². The highest BCUT2D eigenvalue weighted by atomic mass is 35.5. The fraction of sp³-hybridized carbons (Fsp3) is 0.500. The van der Waals surface area contributed by atoms with E-state index in [0.29, 0.717) is 22.0 Å². The summed E-state index contributed by atoms with van der Waals surface area (Å²) in [5.74, 6) is -0.171. The first-order valence-corrected chi connectivity index (χ1v) is 7.85. The molecule has 6 heteroatoms. The summed E-state index contributed by atoms with van der Waals surface area (Å²) in [5.41, 5.74) is -0.221. The largest absolute Gasteiger partial charge is 0.444 e. The third-order valence-corrected chi connectivity index (χ3v) is 3.44. The average Bonchev–Trinajstić information content (AvgIpc) is 2.38. The van der Waals surface area contributed by atoms with Crippen LogP contribution in [0.4, 0.5) is 4.79 Å². The lowest BCUT2D eigenvalue weighted by Crippen LogP contribution is -2.39. The Hall–Kier alpha value is -1.26. The van der Waals surface area contributed by atoms with Gasteiger partial charge in [0.1, 0.15) is 5.60 Å². The highest BCUT2D eigenvalue weighted by molar-refractivity contribution is 6.35. The first kappa shape index (κ1) is 18.8. The number of ether oxygens (including phenoxy) is 1. The molecular weight excluding hydrogens is 325 g/mol. The van der Waals surface area contributed by atoms with Crippen molar-refractivity contribution in [3.63, 3.8) is 0 Å². The molecule has 1 aromatic carbocycles. The Balaban J connectivity index is 2.71. The molecule has 0 aliphatic heterocycles. The number of halogens is 2. The van der Waals surface area contributed by atoms with Crippen molar-refractivity contribution in [3.05, 3.63) is 33.8 Å². The van der Waals surface area contributed by atoms with Crippen LogP contribution in [-0.4, -0.2) is 23.5 Å². The number of rotatable bonds is 5. The van der Waals surface area contributed by atoms with Gasteiger partial charge in [-0.25, -0.2) is 4.79 Å². The molecule has 1 N–H and O–H groups in total. The summed E-state index contributed by atoms with van der Waals surface area (Å²) in [6, 6.07) is 4.42. The third kappa shape index (κ3) is 6.24. The molecule has 122 valence electrons. The number of carbonyl (C=O) groups is 2. The van der Waals surface area contributed by atoms with Crippen molar-refractivity contribution in [1.82, 2.24) is 5.32 Å². The second-order valence-electron chi connectivity index (χ2n) is 6.00. The van der Waals surface area contributed by atoms with Crippen molar-refractivity contribution < 1.29 is 14.3 Å². The van der Waals surface area contributed by atoms with Crippen LogP contribution in [0.2, 0.25) is 10.0 Å². The number of alkyl carbamates (subject to hydrolysis) is 1. The van der Waals surface area contributed by atoms with E-state index in [1.165, 1.54) is 6.07 Å². The molecule has 1 aromatic rings. The first-order valence-electron chi connectivity index (χ1n) is 7.10. The van der Waals surface area contributed by atoms with Gasteiger partial charge >= 0.3 is 6.09 Å². The van der Waals surface area contributed by atoms with E-state index in [2.05, 4.69) is 5.32 Å². The molecule has 1 atom stereocenters. The number of amides is 1. The van der Waals surface area contributed by atoms with Crippen LogP contribution >= 0.6 is 23.2 Å². The Morgan fingerprint density at radius 2 is 1.91 bits per heavy atom. The highest BCUT2D eigenvalue weighted by Gasteiger charge is 2.21. The first-order chi connectivity index (χ1) is 10.1. The topological polar surface area (TPSA) is 55.4 Å². The van der Waals surface area contributed by atoms with Crippen molar-refractivity contribution >= 4 is 35.1 Å². The lowest BCUT2D eigenvalue weighted by molar-refractivity contribution is 0.0500. The van der Waals surface area contributed by atoms with Crippen molar-refractivity contribution in [2.45, 2.75) is 52.2 Å². The second-order valence-corrected chi connectivity index (χ2v) is 6.85. The summed E-state index contributed by atoms with van der Waals surface area (Å²) in [5, 5.41) is 3.49. The van der Waals surface area contributed by atoms with Crippen LogP contribution in [0.1, 0.15) is 50.9 Å². The van der Waals surface area contributed by atoms with Crippen LogP contribution < -0.4 is 5.32 Å². The predicted molar refractivity (Wildman–Crippen MR) is 88.9 cm³/mol. The number of hydrogen-bond acceptors (Lipinski definition) is 3. The fourth-order valence-corrected chi connectivity index (χ4v) is 2.21. The van der Waals surface area contributed by atoms with Gasteiger partial charge in [-0.05, 0) is 45.4 Å². The molecule has 1 unspecified atom stereocenters. The van der Waals surface area contributed by atoms with Gasteiger partial charge in [0.05, 0.1) is 5.02 Å². The molecular formula is C16H21Cl2NO3. The maximum Gasteiger partial charge on any atom is 0.407 e. The molecule has 0 aliphatic carbocycles. The van der Waals surface area contributed by atoms with Crippen LogP contribution in [0.3, 0.4) is 0 Å². The van der Waals surface area contributed by atoms with Crippen LogP contribution in [0.15, 0.2) is 18.2 Å². The van der Waals surface area contributed by atoms with Gasteiger partial charge in [0.15, 0.2) is 5.78 Å². The Kier molecular flexibility index (Phi) is 6.69. The number of ketones is 1. The molecule has 0 bridgehead atoms. The zero-order valence-electron chi connectivity index (χ0n) is 13.2. The van der Waals surface area contributed by atoms with E-state index in [9.17, 15) is 9.59 Å². The van der Waals surface area contributed by atoms with Gasteiger partial charge in [0.25, 0.3) is 0 Å². The van der Waals surface area contributed by atoms with Gasteiger partial charge in [0.2, 0.25) is 0 Å². The summed E-state index contributed by atoms with van der Waals surface area (Å²) < 4.78 is 5.19. The van der Waals surface area contributed by atoms with E-state index in [1.807, 2.05) is 6.92 Å². The molecule has 0 radical (unpaired) electrons. The van der Waals surface area contributed by atoms with Gasteiger partial charge in [0, 0.05) is 23.0 Å². The normalized spacial score (nSPS) is 12.6. The molecule has 1 amide bonds. The predicted octanol–water partition coefficient (Wildman–Crippen LogP) is 4.87. The summed E-state index contributed by atoms with van der Waals surface area (Å²) in [6.07, 6.45) is 0.197. The lowest BCUT2D eigenvalue weighted by atomic mass is 10.0. The van der Waals surface area contributed by atoms with E-state index in [-0.39, 0.29) is 18.2 Å². The van der Waals surface area contributed by atoms with E-state index in [1.54, 1.807) is 32.9 Å². The minimum Gasteiger partial charge on any atom is -0.444 e. The summed E-state index contributed by atoms with van der Waals surface area (Å²) in [4.78, 5) is 24.1. The standard InChI is InChI=1S/C16H21Cl2NO3/c1-5-11(19-15(21)22-16(2,3)4)9-14(20)12-8-10(17)6-7-13(12)18/h6-8,11H,5,9H2,1-4H3,(H,19,21). The van der Waals surface area contributed by atoms with E-state index in [4.69, 9.17) is 27.9 Å². The van der Waals surface area contributed by atoms with Crippen molar-refractivity contribution in [2.24, 2.45) is 0 Å². The molecule has 0 spiro atoms. The molecule has 0 saturated heterocycles. The maximum absolute atomic E-state index is 12.3. The molecule has 1 rings (SSSR count). The van der Waals surface area contributed by atoms with Crippen molar-refractivity contribution in [3.8, 4) is 0 Å². The summed E-state index contributed by atoms with van der Waals surface area (Å²) in [6.45, 7) is 7.23. The minimum atomic E-state index is -0.581. The number of hydrogen-bond donors (Lipinski definition) is 1. The van der Waals surface area contributed by atoms with Gasteiger partial charge in [-0.2, -0.15) is 0 Å². The molecule has 0 fully saturated rings. The van der Waals surface area contributed by atoms with Gasteiger partial charge in [-0.15, -0.1) is 0 Å². The SMILES string of the molecule is CCC(CC(=O)c1cc(Cl)ccc1Cl)NC(=O)OC(C)(C)C. The molecule has 4 nitrogen and oxygen atoms in total. The van der Waals surface area contributed by atoms with Crippen LogP contribution in [-0.2, 0) is 4.74 Å². The number of carbonyl (C=O) groups excluding carboxylic acids is 2. The van der Waals surface area contributed by atoms with Crippen LogP contribution in [0.5, 0.6) is 0 Å². The molecule has 0 aromatic heterocycles. The van der Waals surface area contributed by atoms with Gasteiger partial charge in [-0.1, -0.05) is 30.1 Å². The van der Waals surface area contributed by atoms with Crippen molar-refractivity contribution in [1.29, 1.82) is 0 Å². The summed E-state index contributed by atoms with van der Waals surface area (Å²) >= 11 is 11.9. The average molecular weight is 346 g/mol. The van der Waals surface area contributed by atoms with Gasteiger partial charge in [-0.3, -0.25) is 4.79 Å². The third-order valence-electron chi connectivity index (χ3n) is 2.87. The van der Waals surface area contributed by atoms with E-state index in [0.717, 1.165) is 0 Å². The molecule has 0 aliphatic rings. The Bertz CT molecular complexity index is 553. The highest BCUT2D eigenvalue weighted by Crippen LogP contribution is 2.22. The Morgan fingerprint density at radius 1 is 1.27 bits per heavy atom. The molecule has 0 saturated carbocycles. The molecule has 0 heterocycles. The number of Topliss-reactive ketones (excluding diaryl/α,β-unsaturated/α-hetero) is 1. The Labute approximate surface area is 141 Å². The van der Waals surface area contributed by atoms with E-state index < -0.39 is 11.7 Å². The fourth-order valence-electron chi connectivity index (χ4n) is 1.82. The lowest BCUT2D eigenvalue weighted by Gasteiger charge is -2.23. The second kappa shape index (κ2) is 7.84. The zero-order valence-corrected chi connectivity index (χ0v) is 14.7. The minimum absolute atomic E-state index is 0.135. The number of benzene rings is 1. The quantitative estimate of drug-likeness (QED) is 0.774. The number of nitrogens with one attached hydrogen (secondary N) is 1.